The Hall–Kier alpha value is -2.69. The summed E-state index contributed by atoms with van der Waals surface area (Å²) in [6.07, 6.45) is 6.04. The SMILES string of the molecule is CCc1ccc(CCOc2ccc(/C=C3\SC(=O)NC3=O)cc2)nc1.CS(=O)(=O)O. The average molecular weight is 451 g/mol. The molecule has 0 aliphatic carbocycles. The van der Waals surface area contributed by atoms with E-state index in [9.17, 15) is 18.0 Å². The first-order valence-corrected chi connectivity index (χ1v) is 11.6. The van der Waals surface area contributed by atoms with Crippen molar-refractivity contribution >= 4 is 39.1 Å². The van der Waals surface area contributed by atoms with Gasteiger partial charge >= 0.3 is 0 Å². The van der Waals surface area contributed by atoms with Crippen molar-refractivity contribution in [3.05, 3.63) is 64.3 Å². The molecule has 2 aromatic rings. The lowest BCUT2D eigenvalue weighted by Crippen LogP contribution is -2.17. The highest BCUT2D eigenvalue weighted by molar-refractivity contribution is 8.18. The number of thioether (sulfide) groups is 1. The maximum absolute atomic E-state index is 11.5. The lowest BCUT2D eigenvalue weighted by molar-refractivity contribution is -0.115. The third-order valence-corrected chi connectivity index (χ3v) is 4.55. The van der Waals surface area contributed by atoms with Gasteiger partial charge in [0.05, 0.1) is 17.8 Å². The van der Waals surface area contributed by atoms with E-state index >= 15 is 0 Å². The van der Waals surface area contributed by atoms with Gasteiger partial charge in [-0.05, 0) is 53.6 Å². The molecular weight excluding hydrogens is 428 g/mol. The summed E-state index contributed by atoms with van der Waals surface area (Å²) in [5, 5.41) is 1.90. The molecule has 10 heteroatoms. The number of benzene rings is 1. The molecule has 0 atom stereocenters. The van der Waals surface area contributed by atoms with Crippen LogP contribution in [0.5, 0.6) is 5.75 Å². The zero-order chi connectivity index (χ0) is 22.1. The number of carbonyl (C=O) groups is 2. The number of nitrogens with one attached hydrogen (secondary N) is 1. The van der Waals surface area contributed by atoms with Crippen molar-refractivity contribution in [1.29, 1.82) is 0 Å². The fourth-order valence-corrected chi connectivity index (χ4v) is 3.00. The van der Waals surface area contributed by atoms with Crippen molar-refractivity contribution in [2.24, 2.45) is 0 Å². The molecule has 0 saturated carbocycles. The summed E-state index contributed by atoms with van der Waals surface area (Å²) >= 11 is 0.910. The number of ether oxygens (including phenoxy) is 1. The predicted molar refractivity (Wildman–Crippen MR) is 116 cm³/mol. The molecule has 0 radical (unpaired) electrons. The summed E-state index contributed by atoms with van der Waals surface area (Å²) in [6, 6.07) is 11.5. The fraction of sp³-hybridized carbons (Fsp3) is 0.250. The van der Waals surface area contributed by atoms with Crippen LogP contribution in [0.15, 0.2) is 47.5 Å². The molecule has 2 N–H and O–H groups in total. The van der Waals surface area contributed by atoms with E-state index in [0.29, 0.717) is 17.8 Å². The molecule has 1 aromatic carbocycles. The molecule has 160 valence electrons. The fourth-order valence-electron chi connectivity index (χ4n) is 2.32. The Morgan fingerprint density at radius 2 is 1.83 bits per heavy atom. The smallest absolute Gasteiger partial charge is 0.290 e. The molecule has 1 saturated heterocycles. The van der Waals surface area contributed by atoms with E-state index in [2.05, 4.69) is 23.3 Å². The van der Waals surface area contributed by atoms with Crippen LogP contribution in [0, 0.1) is 0 Å². The topological polar surface area (TPSA) is 123 Å². The predicted octanol–water partition coefficient (Wildman–Crippen LogP) is 3.09. The second-order valence-electron chi connectivity index (χ2n) is 6.26. The van der Waals surface area contributed by atoms with Gasteiger partial charge in [0, 0.05) is 18.3 Å². The van der Waals surface area contributed by atoms with E-state index in [-0.39, 0.29) is 11.1 Å². The molecule has 1 aliphatic rings. The van der Waals surface area contributed by atoms with Crippen molar-refractivity contribution in [3.8, 4) is 5.75 Å². The number of hydrogen-bond donors (Lipinski definition) is 2. The number of aromatic nitrogens is 1. The first-order valence-electron chi connectivity index (χ1n) is 8.98. The summed E-state index contributed by atoms with van der Waals surface area (Å²) in [4.78, 5) is 27.5. The standard InChI is InChI=1S/C19H18N2O3S.CH4O3S/c1-2-13-3-6-15(20-12-13)9-10-24-16-7-4-14(5-8-16)11-17-18(22)21-19(23)25-17;1-5(2,3)4/h3-8,11-12H,2,9-10H2,1H3,(H,21,22,23);1H3,(H,2,3,4)/b17-11-;. The minimum atomic E-state index is -3.67. The van der Waals surface area contributed by atoms with E-state index in [4.69, 9.17) is 9.29 Å². The minimum Gasteiger partial charge on any atom is -0.493 e. The van der Waals surface area contributed by atoms with Gasteiger partial charge in [0.1, 0.15) is 5.75 Å². The Bertz CT molecular complexity index is 1010. The van der Waals surface area contributed by atoms with Crippen molar-refractivity contribution in [1.82, 2.24) is 10.3 Å². The van der Waals surface area contributed by atoms with Gasteiger partial charge in [-0.1, -0.05) is 25.1 Å². The second-order valence-corrected chi connectivity index (χ2v) is 8.74. The molecule has 1 aliphatic heterocycles. The lowest BCUT2D eigenvalue weighted by Gasteiger charge is -2.07. The lowest BCUT2D eigenvalue weighted by atomic mass is 10.2. The second kappa shape index (κ2) is 10.9. The molecule has 0 spiro atoms. The molecule has 2 heterocycles. The molecular formula is C20H22N2O6S2. The van der Waals surface area contributed by atoms with Crippen molar-refractivity contribution in [3.63, 3.8) is 0 Å². The molecule has 2 amide bonds. The van der Waals surface area contributed by atoms with Crippen molar-refractivity contribution in [2.45, 2.75) is 19.8 Å². The number of aryl methyl sites for hydroxylation is 1. The molecule has 30 heavy (non-hydrogen) atoms. The number of rotatable bonds is 6. The van der Waals surface area contributed by atoms with E-state index in [1.165, 1.54) is 5.56 Å². The Balaban J connectivity index is 0.000000575. The zero-order valence-corrected chi connectivity index (χ0v) is 18.1. The van der Waals surface area contributed by atoms with Gasteiger partial charge in [0.15, 0.2) is 0 Å². The van der Waals surface area contributed by atoms with Gasteiger partial charge in [-0.15, -0.1) is 0 Å². The van der Waals surface area contributed by atoms with Crippen LogP contribution in [0.3, 0.4) is 0 Å². The quantitative estimate of drug-likeness (QED) is 0.508. The van der Waals surface area contributed by atoms with E-state index in [0.717, 1.165) is 41.6 Å². The highest BCUT2D eigenvalue weighted by Gasteiger charge is 2.24. The van der Waals surface area contributed by atoms with Crippen LogP contribution in [-0.2, 0) is 27.8 Å². The summed E-state index contributed by atoms with van der Waals surface area (Å²) in [5.74, 6) is 0.406. The van der Waals surface area contributed by atoms with E-state index in [1.807, 2.05) is 36.5 Å². The van der Waals surface area contributed by atoms with Crippen LogP contribution in [-0.4, -0.2) is 42.0 Å². The maximum Gasteiger partial charge on any atom is 0.290 e. The normalized spacial score (nSPS) is 14.8. The largest absolute Gasteiger partial charge is 0.493 e. The van der Waals surface area contributed by atoms with Gasteiger partial charge in [0.2, 0.25) is 0 Å². The Morgan fingerprint density at radius 1 is 1.17 bits per heavy atom. The molecule has 1 fully saturated rings. The average Bonchev–Trinajstić information content (AvgIpc) is 2.99. The van der Waals surface area contributed by atoms with Gasteiger partial charge in [-0.25, -0.2) is 0 Å². The van der Waals surface area contributed by atoms with Crippen LogP contribution in [0.4, 0.5) is 4.79 Å². The molecule has 0 unspecified atom stereocenters. The van der Waals surface area contributed by atoms with Crippen LogP contribution >= 0.6 is 11.8 Å². The maximum atomic E-state index is 11.5. The third kappa shape index (κ3) is 8.76. The van der Waals surface area contributed by atoms with Gasteiger partial charge in [-0.2, -0.15) is 8.42 Å². The monoisotopic (exact) mass is 450 g/mol. The number of carbonyl (C=O) groups excluding carboxylic acids is 2. The number of amides is 2. The zero-order valence-electron chi connectivity index (χ0n) is 16.5. The summed E-state index contributed by atoms with van der Waals surface area (Å²) in [5.41, 5.74) is 3.08. The van der Waals surface area contributed by atoms with Gasteiger partial charge in [-0.3, -0.25) is 24.4 Å². The highest BCUT2D eigenvalue weighted by Crippen LogP contribution is 2.26. The first kappa shape index (κ1) is 23.6. The van der Waals surface area contributed by atoms with Gasteiger partial charge in [0.25, 0.3) is 21.3 Å². The first-order chi connectivity index (χ1) is 14.1. The summed E-state index contributed by atoms with van der Waals surface area (Å²) in [7, 11) is -3.67. The number of hydrogen-bond acceptors (Lipinski definition) is 7. The van der Waals surface area contributed by atoms with E-state index < -0.39 is 10.1 Å². The molecule has 3 rings (SSSR count). The highest BCUT2D eigenvalue weighted by atomic mass is 32.2. The number of pyridine rings is 1. The summed E-state index contributed by atoms with van der Waals surface area (Å²) < 4.78 is 31.6. The summed E-state index contributed by atoms with van der Waals surface area (Å²) in [6.45, 7) is 2.65. The Kier molecular flexibility index (Phi) is 8.58. The molecule has 0 bridgehead atoms. The van der Waals surface area contributed by atoms with Gasteiger partial charge < -0.3 is 4.74 Å². The van der Waals surface area contributed by atoms with Crippen LogP contribution in [0.25, 0.3) is 6.08 Å². The Labute approximate surface area is 179 Å². The third-order valence-electron chi connectivity index (χ3n) is 3.74. The minimum absolute atomic E-state index is 0.336. The van der Waals surface area contributed by atoms with Crippen LogP contribution in [0.1, 0.15) is 23.7 Å². The molecule has 1 aromatic heterocycles. The Morgan fingerprint density at radius 3 is 2.33 bits per heavy atom. The van der Waals surface area contributed by atoms with E-state index in [1.54, 1.807) is 6.08 Å². The van der Waals surface area contributed by atoms with Crippen LogP contribution in [0.2, 0.25) is 0 Å². The number of nitrogens with zero attached hydrogens (tertiary/aromatic N) is 1. The number of imide groups is 1. The van der Waals surface area contributed by atoms with Crippen molar-refractivity contribution < 1.29 is 27.3 Å². The molecule has 8 nitrogen and oxygen atoms in total. The van der Waals surface area contributed by atoms with Crippen LogP contribution < -0.4 is 10.1 Å². The van der Waals surface area contributed by atoms with Crippen molar-refractivity contribution in [2.75, 3.05) is 12.9 Å².